The lowest BCUT2D eigenvalue weighted by atomic mass is 10.1. The van der Waals surface area contributed by atoms with Crippen LogP contribution in [0.4, 0.5) is 11.6 Å². The van der Waals surface area contributed by atoms with Crippen molar-refractivity contribution < 1.29 is 4.84 Å². The molecule has 5 rings (SSSR count). The van der Waals surface area contributed by atoms with E-state index < -0.39 is 0 Å². The van der Waals surface area contributed by atoms with E-state index in [9.17, 15) is 0 Å². The van der Waals surface area contributed by atoms with Crippen LogP contribution in [0.2, 0.25) is 0 Å². The van der Waals surface area contributed by atoms with Crippen molar-refractivity contribution in [2.24, 2.45) is 30.1 Å². The monoisotopic (exact) mass is 538 g/mol. The number of aromatic nitrogens is 2. The first-order chi connectivity index (χ1) is 20.0. The van der Waals surface area contributed by atoms with Crippen LogP contribution < -0.4 is 11.0 Å². The first-order valence-electron chi connectivity index (χ1n) is 12.4. The molecule has 0 aromatic carbocycles. The van der Waals surface area contributed by atoms with E-state index in [1.807, 2.05) is 0 Å². The molecule has 0 aliphatic carbocycles. The third-order valence-corrected chi connectivity index (χ3v) is 6.54. The first kappa shape index (κ1) is 26.6. The van der Waals surface area contributed by atoms with Gasteiger partial charge in [-0.15, -0.1) is 0 Å². The Morgan fingerprint density at radius 2 is 0.902 bits per heavy atom. The second-order valence-corrected chi connectivity index (χ2v) is 8.60. The Morgan fingerprint density at radius 3 is 1.41 bits per heavy atom. The van der Waals surface area contributed by atoms with Gasteiger partial charge < -0.3 is 14.8 Å². The van der Waals surface area contributed by atoms with Crippen molar-refractivity contribution in [1.29, 1.82) is 0 Å². The summed E-state index contributed by atoms with van der Waals surface area (Å²) in [6.45, 7) is 31.6. The Hall–Kier alpha value is -5.96. The van der Waals surface area contributed by atoms with Crippen molar-refractivity contribution in [3.05, 3.63) is 132 Å². The number of H-pyrrole nitrogens is 2. The molecular weight excluding hydrogens is 512 g/mol. The van der Waals surface area contributed by atoms with E-state index in [0.29, 0.717) is 84.7 Å². The molecule has 2 aromatic heterocycles. The number of aliphatic imine (C=N–C) groups is 4. The third kappa shape index (κ3) is 4.22. The highest BCUT2D eigenvalue weighted by Crippen LogP contribution is 2.36. The van der Waals surface area contributed by atoms with Crippen molar-refractivity contribution in [1.82, 2.24) is 9.97 Å². The summed E-state index contributed by atoms with van der Waals surface area (Å²) in [7, 11) is 0. The zero-order valence-corrected chi connectivity index (χ0v) is 22.4. The van der Waals surface area contributed by atoms with Crippen LogP contribution in [-0.4, -0.2) is 33.4 Å². The summed E-state index contributed by atoms with van der Waals surface area (Å²) in [5, 5.41) is 4.33. The van der Waals surface area contributed by atoms with Crippen LogP contribution in [0.3, 0.4) is 0 Å². The number of rotatable bonds is 8. The van der Waals surface area contributed by atoms with Crippen LogP contribution in [0.1, 0.15) is 22.3 Å². The molecule has 200 valence electrons. The van der Waals surface area contributed by atoms with Gasteiger partial charge in [-0.1, -0.05) is 106 Å². The number of hydrogen-bond acceptors (Lipinski definition) is 7. The number of amidine groups is 3. The Morgan fingerprint density at radius 1 is 0.439 bits per heavy atom. The molecule has 5 heterocycles. The van der Waals surface area contributed by atoms with Gasteiger partial charge >= 0.3 is 0 Å². The van der Waals surface area contributed by atoms with Gasteiger partial charge in [-0.3, -0.25) is 0 Å². The van der Waals surface area contributed by atoms with E-state index in [4.69, 9.17) is 24.8 Å². The van der Waals surface area contributed by atoms with Crippen molar-refractivity contribution in [3.8, 4) is 0 Å². The summed E-state index contributed by atoms with van der Waals surface area (Å²) in [6.07, 6.45) is 13.2. The molecule has 9 heteroatoms. The Balaban J connectivity index is 1.92. The van der Waals surface area contributed by atoms with E-state index in [1.54, 1.807) is 48.6 Å². The highest BCUT2D eigenvalue weighted by molar-refractivity contribution is 6.24. The van der Waals surface area contributed by atoms with Crippen molar-refractivity contribution in [2.45, 2.75) is 0 Å². The van der Waals surface area contributed by atoms with E-state index in [1.165, 1.54) is 0 Å². The summed E-state index contributed by atoms with van der Waals surface area (Å²) < 4.78 is 0. The fraction of sp³-hybridized carbons (Fsp3) is 0. The summed E-state index contributed by atoms with van der Waals surface area (Å²) in [5.41, 5.74) is 5.92. The quantitative estimate of drug-likeness (QED) is 0.420. The topological polar surface area (TPSA) is 115 Å². The summed E-state index contributed by atoms with van der Waals surface area (Å²) in [5.74, 6) is 2.19. The fourth-order valence-electron chi connectivity index (χ4n) is 4.61. The molecule has 0 saturated carbocycles. The average Bonchev–Trinajstić information content (AvgIpc) is 3.70. The minimum absolute atomic E-state index is 0.188. The van der Waals surface area contributed by atoms with Gasteiger partial charge in [-0.05, 0) is 0 Å². The smallest absolute Gasteiger partial charge is 0.258 e. The van der Waals surface area contributed by atoms with Gasteiger partial charge in [0.15, 0.2) is 23.0 Å². The molecule has 2 N–H and O–H groups in total. The predicted molar refractivity (Wildman–Crippen MR) is 169 cm³/mol. The number of nitrogens with zero attached hydrogens (tertiary/aromatic N) is 6. The second-order valence-electron chi connectivity index (χ2n) is 8.60. The lowest BCUT2D eigenvalue weighted by Crippen LogP contribution is -2.16. The van der Waals surface area contributed by atoms with Gasteiger partial charge in [-0.2, -0.15) is 4.99 Å². The molecule has 0 amide bonds. The maximum atomic E-state index is 5.83. The average molecular weight is 539 g/mol. The second kappa shape index (κ2) is 10.7. The third-order valence-electron chi connectivity index (χ3n) is 6.54. The Kier molecular flexibility index (Phi) is 6.93. The standard InChI is InChI=1S/C32H26N8O/c1-9-17-18(10-2)27-34-25(17)33-26-19(11-3)20(12-4)28(35-26)37-30-23(15-7)24(16-8)32(39-30)41-40-31-22(14-6)21(13-5)29(36-27)38-31/h9-16,35H,1-8H2,(H,33,34,36,38,40)/b37-30-. The molecule has 0 saturated heterocycles. The van der Waals surface area contributed by atoms with Crippen molar-refractivity contribution in [3.63, 3.8) is 0 Å². The maximum absolute atomic E-state index is 5.83. The highest BCUT2D eigenvalue weighted by atomic mass is 16.6. The molecule has 2 aromatic rings. The Labute approximate surface area is 236 Å². The minimum atomic E-state index is 0.188. The van der Waals surface area contributed by atoms with Crippen LogP contribution in [-0.2, 0) is 4.84 Å². The van der Waals surface area contributed by atoms with Crippen LogP contribution in [0.15, 0.2) is 129 Å². The highest BCUT2D eigenvalue weighted by Gasteiger charge is 2.26. The molecule has 0 radical (unpaired) electrons. The van der Waals surface area contributed by atoms with Crippen molar-refractivity contribution in [2.75, 3.05) is 0 Å². The zero-order valence-electron chi connectivity index (χ0n) is 22.4. The van der Waals surface area contributed by atoms with E-state index in [2.05, 4.69) is 72.7 Å². The molecule has 0 fully saturated rings. The minimum Gasteiger partial charge on any atom is -0.334 e. The van der Waals surface area contributed by atoms with Gasteiger partial charge in [-0.25, -0.2) is 20.0 Å². The normalized spacial score (nSPS) is 19.8. The zero-order chi connectivity index (χ0) is 29.3. The van der Waals surface area contributed by atoms with Crippen LogP contribution >= 0.6 is 0 Å². The lowest BCUT2D eigenvalue weighted by Gasteiger charge is -1.99. The number of aromatic amines is 2. The van der Waals surface area contributed by atoms with Crippen LogP contribution in [0.5, 0.6) is 0 Å². The molecule has 41 heavy (non-hydrogen) atoms. The summed E-state index contributed by atoms with van der Waals surface area (Å²) >= 11 is 0. The van der Waals surface area contributed by atoms with Gasteiger partial charge in [0, 0.05) is 39.0 Å². The number of fused-ring (bicyclic) bond motifs is 6. The molecule has 0 spiro atoms. The van der Waals surface area contributed by atoms with E-state index in [-0.39, 0.29) is 5.90 Å². The molecule has 3 aliphatic heterocycles. The van der Waals surface area contributed by atoms with Gasteiger partial charge in [0.05, 0.1) is 5.57 Å². The summed E-state index contributed by atoms with van der Waals surface area (Å²) in [4.78, 5) is 36.0. The van der Waals surface area contributed by atoms with E-state index >= 15 is 0 Å². The Bertz CT molecular complexity index is 1940. The lowest BCUT2D eigenvalue weighted by molar-refractivity contribution is 0.311. The maximum Gasteiger partial charge on any atom is 0.258 e. The number of nitrogens with one attached hydrogen (secondary N) is 2. The number of hydrogen-bond donors (Lipinski definition) is 2. The van der Waals surface area contributed by atoms with E-state index in [0.717, 1.165) is 0 Å². The van der Waals surface area contributed by atoms with Crippen molar-refractivity contribution >= 4 is 59.3 Å². The van der Waals surface area contributed by atoms with Crippen LogP contribution in [0.25, 0.3) is 24.3 Å². The molecule has 0 atom stereocenters. The van der Waals surface area contributed by atoms with Gasteiger partial charge in [0.1, 0.15) is 17.1 Å². The largest absolute Gasteiger partial charge is 0.334 e. The summed E-state index contributed by atoms with van der Waals surface area (Å²) in [6, 6.07) is 0. The molecule has 9 nitrogen and oxygen atoms in total. The van der Waals surface area contributed by atoms with Gasteiger partial charge in [0.2, 0.25) is 0 Å². The molecule has 8 bridgehead atoms. The van der Waals surface area contributed by atoms with Gasteiger partial charge in [0.25, 0.3) is 5.90 Å². The predicted octanol–water partition coefficient (Wildman–Crippen LogP) is 6.02. The molecule has 3 aliphatic rings. The molecular formula is C32H26N8O. The molecule has 0 unspecified atom stereocenters. The van der Waals surface area contributed by atoms with Crippen LogP contribution in [0, 0.1) is 0 Å². The fourth-order valence-corrected chi connectivity index (χ4v) is 4.61. The SMILES string of the molecule is C=CC1=C(C=C)/C2=N/c3[nH]c(c(C=C)c3C=C)/N=C3\N=C(O/N=c4\[nH]/c(c(C=C)c4C=C)=N\C1=N2)C(C=C)=C3C=C. The first-order valence-corrected chi connectivity index (χ1v) is 12.4.